The van der Waals surface area contributed by atoms with Gasteiger partial charge in [0, 0.05) is 30.6 Å². The Bertz CT molecular complexity index is 892. The Morgan fingerprint density at radius 2 is 2.11 bits per heavy atom. The lowest BCUT2D eigenvalue weighted by molar-refractivity contribution is -0.0528. The fraction of sp³-hybridized carbons (Fsp3) is 0.478. The molecule has 3 heterocycles. The number of aliphatic hydroxyl groups excluding tert-OH is 1. The second kappa shape index (κ2) is 7.64. The van der Waals surface area contributed by atoms with E-state index in [2.05, 4.69) is 37.9 Å². The van der Waals surface area contributed by atoms with Crippen molar-refractivity contribution < 1.29 is 14.6 Å². The summed E-state index contributed by atoms with van der Waals surface area (Å²) >= 11 is 0. The molecule has 0 spiro atoms. The van der Waals surface area contributed by atoms with Gasteiger partial charge in [0.05, 0.1) is 18.8 Å². The SMILES string of the molecule is CCc1ccc(Cc2cc3c(c(C)c2C)CN([C@H]2COCC[C@@H]2O)C3=O)cn1. The summed E-state index contributed by atoms with van der Waals surface area (Å²) < 4.78 is 5.53. The molecule has 2 aliphatic heterocycles. The lowest BCUT2D eigenvalue weighted by atomic mass is 9.91. The quantitative estimate of drug-likeness (QED) is 0.886. The second-order valence-electron chi connectivity index (χ2n) is 7.93. The number of fused-ring (bicyclic) bond motifs is 1. The number of amides is 1. The molecule has 1 amide bonds. The van der Waals surface area contributed by atoms with Gasteiger partial charge in [-0.15, -0.1) is 0 Å². The van der Waals surface area contributed by atoms with Crippen molar-refractivity contribution in [3.63, 3.8) is 0 Å². The lowest BCUT2D eigenvalue weighted by Crippen LogP contribution is -2.49. The predicted octanol–water partition coefficient (Wildman–Crippen LogP) is 2.96. The van der Waals surface area contributed by atoms with Crippen LogP contribution in [0.25, 0.3) is 0 Å². The van der Waals surface area contributed by atoms with E-state index in [9.17, 15) is 9.90 Å². The number of rotatable bonds is 4. The summed E-state index contributed by atoms with van der Waals surface area (Å²) in [5.41, 5.74) is 7.67. The van der Waals surface area contributed by atoms with Crippen LogP contribution in [-0.2, 0) is 24.1 Å². The van der Waals surface area contributed by atoms with Crippen LogP contribution in [0.4, 0.5) is 0 Å². The summed E-state index contributed by atoms with van der Waals surface area (Å²) in [4.78, 5) is 19.4. The van der Waals surface area contributed by atoms with Gasteiger partial charge in [0.15, 0.2) is 0 Å². The molecule has 0 saturated carbocycles. The number of carbonyl (C=O) groups excluding carboxylic acids is 1. The van der Waals surface area contributed by atoms with E-state index < -0.39 is 6.10 Å². The van der Waals surface area contributed by atoms with E-state index in [0.29, 0.717) is 26.2 Å². The van der Waals surface area contributed by atoms with Gasteiger partial charge in [-0.2, -0.15) is 0 Å². The van der Waals surface area contributed by atoms with Crippen LogP contribution in [0.5, 0.6) is 0 Å². The van der Waals surface area contributed by atoms with Gasteiger partial charge in [0.1, 0.15) is 0 Å². The highest BCUT2D eigenvalue weighted by Crippen LogP contribution is 2.33. The van der Waals surface area contributed by atoms with Crippen molar-refractivity contribution >= 4 is 5.91 Å². The zero-order chi connectivity index (χ0) is 19.8. The zero-order valence-corrected chi connectivity index (χ0v) is 16.9. The van der Waals surface area contributed by atoms with Crippen molar-refractivity contribution in [2.75, 3.05) is 13.2 Å². The highest BCUT2D eigenvalue weighted by molar-refractivity contribution is 5.99. The Kier molecular flexibility index (Phi) is 5.21. The maximum atomic E-state index is 13.1. The third-order valence-corrected chi connectivity index (χ3v) is 6.29. The van der Waals surface area contributed by atoms with Gasteiger partial charge < -0.3 is 14.7 Å². The van der Waals surface area contributed by atoms with Crippen LogP contribution in [0.15, 0.2) is 24.4 Å². The second-order valence-corrected chi connectivity index (χ2v) is 7.93. The number of ether oxygens (including phenoxy) is 1. The van der Waals surface area contributed by atoms with Crippen LogP contribution in [-0.4, -0.2) is 46.3 Å². The molecule has 0 radical (unpaired) electrons. The number of aromatic nitrogens is 1. The van der Waals surface area contributed by atoms with Gasteiger partial charge >= 0.3 is 0 Å². The molecule has 1 aromatic carbocycles. The van der Waals surface area contributed by atoms with Crippen molar-refractivity contribution in [1.82, 2.24) is 9.88 Å². The maximum absolute atomic E-state index is 13.1. The van der Waals surface area contributed by atoms with Gasteiger partial charge in [-0.1, -0.05) is 13.0 Å². The molecule has 4 rings (SSSR count). The number of pyridine rings is 1. The highest BCUT2D eigenvalue weighted by atomic mass is 16.5. The molecule has 5 nitrogen and oxygen atoms in total. The topological polar surface area (TPSA) is 62.7 Å². The largest absolute Gasteiger partial charge is 0.391 e. The zero-order valence-electron chi connectivity index (χ0n) is 16.9. The first-order chi connectivity index (χ1) is 13.5. The number of carbonyl (C=O) groups is 1. The first-order valence-electron chi connectivity index (χ1n) is 10.1. The fourth-order valence-electron chi connectivity index (χ4n) is 4.28. The summed E-state index contributed by atoms with van der Waals surface area (Å²) in [5, 5.41) is 10.4. The highest BCUT2D eigenvalue weighted by Gasteiger charge is 2.39. The van der Waals surface area contributed by atoms with Crippen LogP contribution < -0.4 is 0 Å². The molecule has 148 valence electrons. The van der Waals surface area contributed by atoms with E-state index in [1.54, 1.807) is 4.90 Å². The molecular weight excluding hydrogens is 352 g/mol. The summed E-state index contributed by atoms with van der Waals surface area (Å²) in [6, 6.07) is 5.98. The molecule has 2 aliphatic rings. The molecule has 0 bridgehead atoms. The van der Waals surface area contributed by atoms with Gasteiger partial charge in [-0.3, -0.25) is 9.78 Å². The molecule has 2 aromatic rings. The Hall–Kier alpha value is -2.24. The molecular formula is C23H28N2O3. The molecule has 1 saturated heterocycles. The smallest absolute Gasteiger partial charge is 0.254 e. The Balaban J connectivity index is 1.63. The fourth-order valence-corrected chi connectivity index (χ4v) is 4.28. The van der Waals surface area contributed by atoms with Crippen LogP contribution in [0.3, 0.4) is 0 Å². The van der Waals surface area contributed by atoms with E-state index >= 15 is 0 Å². The van der Waals surface area contributed by atoms with Gasteiger partial charge in [0.25, 0.3) is 5.91 Å². The molecule has 0 unspecified atom stereocenters. The lowest BCUT2D eigenvalue weighted by Gasteiger charge is -2.34. The van der Waals surface area contributed by atoms with Crippen molar-refractivity contribution in [3.05, 3.63) is 63.5 Å². The molecule has 1 fully saturated rings. The van der Waals surface area contributed by atoms with Gasteiger partial charge in [0.2, 0.25) is 0 Å². The predicted molar refractivity (Wildman–Crippen MR) is 107 cm³/mol. The van der Waals surface area contributed by atoms with Crippen molar-refractivity contribution in [1.29, 1.82) is 0 Å². The van der Waals surface area contributed by atoms with Gasteiger partial charge in [-0.25, -0.2) is 0 Å². The monoisotopic (exact) mass is 380 g/mol. The van der Waals surface area contributed by atoms with E-state index in [1.807, 2.05) is 12.3 Å². The van der Waals surface area contributed by atoms with Crippen LogP contribution in [0.2, 0.25) is 0 Å². The minimum atomic E-state index is -0.518. The third-order valence-electron chi connectivity index (χ3n) is 6.29. The average molecular weight is 380 g/mol. The van der Waals surface area contributed by atoms with E-state index in [-0.39, 0.29) is 11.9 Å². The standard InChI is InChI=1S/C23H28N2O3/c1-4-18-6-5-16(11-24-18)9-17-10-19-20(15(3)14(17)2)12-25(23(19)27)21-13-28-8-7-22(21)26/h5-6,10-11,21-22,26H,4,7-9,12-13H2,1-3H3/t21-,22-/m0/s1. The van der Waals surface area contributed by atoms with Crippen LogP contribution in [0, 0.1) is 13.8 Å². The summed E-state index contributed by atoms with van der Waals surface area (Å²) in [7, 11) is 0. The van der Waals surface area contributed by atoms with E-state index in [4.69, 9.17) is 4.74 Å². The van der Waals surface area contributed by atoms with Crippen molar-refractivity contribution in [2.24, 2.45) is 0 Å². The Morgan fingerprint density at radius 3 is 2.79 bits per heavy atom. The number of aryl methyl sites for hydroxylation is 1. The minimum absolute atomic E-state index is 0.00774. The molecule has 2 atom stereocenters. The van der Waals surface area contributed by atoms with Crippen molar-refractivity contribution in [2.45, 2.75) is 58.7 Å². The Morgan fingerprint density at radius 1 is 1.29 bits per heavy atom. The minimum Gasteiger partial charge on any atom is -0.391 e. The number of benzene rings is 1. The van der Waals surface area contributed by atoms with Crippen LogP contribution >= 0.6 is 0 Å². The van der Waals surface area contributed by atoms with E-state index in [0.717, 1.165) is 40.8 Å². The van der Waals surface area contributed by atoms with Crippen molar-refractivity contribution in [3.8, 4) is 0 Å². The average Bonchev–Trinajstić information content (AvgIpc) is 3.03. The number of nitrogens with zero attached hydrogens (tertiary/aromatic N) is 2. The van der Waals surface area contributed by atoms with Gasteiger partial charge in [-0.05, 0) is 73.1 Å². The summed E-state index contributed by atoms with van der Waals surface area (Å²) in [5.74, 6) is 0.00774. The molecule has 0 aliphatic carbocycles. The maximum Gasteiger partial charge on any atom is 0.254 e. The Labute approximate surface area is 166 Å². The van der Waals surface area contributed by atoms with Crippen LogP contribution in [0.1, 0.15) is 57.2 Å². The molecule has 1 N–H and O–H groups in total. The number of aliphatic hydroxyl groups is 1. The first kappa shape index (κ1) is 19.1. The number of hydrogen-bond acceptors (Lipinski definition) is 4. The first-order valence-corrected chi connectivity index (χ1v) is 10.1. The summed E-state index contributed by atoms with van der Waals surface area (Å²) in [6.07, 6.45) is 3.69. The summed E-state index contributed by atoms with van der Waals surface area (Å²) in [6.45, 7) is 7.84. The van der Waals surface area contributed by atoms with E-state index in [1.165, 1.54) is 11.1 Å². The third kappa shape index (κ3) is 3.33. The molecule has 1 aromatic heterocycles. The molecule has 5 heteroatoms. The normalized spacial score (nSPS) is 21.9. The molecule has 28 heavy (non-hydrogen) atoms. The number of hydrogen-bond donors (Lipinski definition) is 1.